The second-order valence-corrected chi connectivity index (χ2v) is 7.34. The lowest BCUT2D eigenvalue weighted by Crippen LogP contribution is -2.23. The lowest BCUT2D eigenvalue weighted by Gasteiger charge is -2.20. The Balaban J connectivity index is 0.000000304. The van der Waals surface area contributed by atoms with Crippen LogP contribution < -0.4 is 5.73 Å². The molecule has 0 aliphatic heterocycles. The number of primary amides is 1. The Morgan fingerprint density at radius 1 is 1.13 bits per heavy atom. The summed E-state index contributed by atoms with van der Waals surface area (Å²) in [6, 6.07) is 7.18. The molecule has 6 nitrogen and oxygen atoms in total. The number of nitrogens with zero attached hydrogens (tertiary/aromatic N) is 2. The average Bonchev–Trinajstić information content (AvgIpc) is 2.75. The van der Waals surface area contributed by atoms with E-state index in [4.69, 9.17) is 10.5 Å². The monoisotopic (exact) mass is 413 g/mol. The number of amides is 1. The van der Waals surface area contributed by atoms with Gasteiger partial charge in [0.2, 0.25) is 5.91 Å². The number of aromatic nitrogens is 2. The van der Waals surface area contributed by atoms with Gasteiger partial charge in [-0.3, -0.25) is 9.59 Å². The molecule has 30 heavy (non-hydrogen) atoms. The molecule has 1 aromatic heterocycles. The molecule has 0 aliphatic rings. The van der Waals surface area contributed by atoms with Crippen LogP contribution in [0.15, 0.2) is 36.7 Å². The third-order valence-corrected chi connectivity index (χ3v) is 5.07. The Bertz CT molecular complexity index is 794. The first-order chi connectivity index (χ1) is 14.3. The van der Waals surface area contributed by atoms with Gasteiger partial charge in [0.1, 0.15) is 0 Å². The minimum atomic E-state index is -0.467. The highest BCUT2D eigenvalue weighted by molar-refractivity contribution is 5.99. The van der Waals surface area contributed by atoms with Gasteiger partial charge in [-0.2, -0.15) is 0 Å². The van der Waals surface area contributed by atoms with Crippen LogP contribution in [-0.2, 0) is 9.53 Å². The van der Waals surface area contributed by atoms with E-state index in [1.165, 1.54) is 12.8 Å². The van der Waals surface area contributed by atoms with Crippen molar-refractivity contribution in [2.24, 2.45) is 17.6 Å². The molecule has 0 fully saturated rings. The smallest absolute Gasteiger partial charge is 0.308 e. The van der Waals surface area contributed by atoms with Gasteiger partial charge in [0.25, 0.3) is 0 Å². The zero-order chi connectivity index (χ0) is 22.5. The van der Waals surface area contributed by atoms with Crippen LogP contribution in [-0.4, -0.2) is 28.5 Å². The summed E-state index contributed by atoms with van der Waals surface area (Å²) < 4.78 is 5.03. The van der Waals surface area contributed by atoms with Crippen molar-refractivity contribution in [1.82, 2.24) is 9.97 Å². The van der Waals surface area contributed by atoms with Crippen molar-refractivity contribution in [2.75, 3.05) is 6.61 Å². The number of hydrogen-bond acceptors (Lipinski definition) is 5. The molecular weight excluding hydrogens is 378 g/mol. The normalized spacial score (nSPS) is 12.3. The first-order valence-electron chi connectivity index (χ1n) is 10.7. The van der Waals surface area contributed by atoms with E-state index in [1.807, 2.05) is 32.9 Å². The SMILES string of the molecule is CCCCC(CC)C(C)C(=O)OCC.Cc1ccc(-c2ncccn2)c(C(N)=O)c1. The van der Waals surface area contributed by atoms with E-state index in [0.717, 1.165) is 18.4 Å². The van der Waals surface area contributed by atoms with E-state index >= 15 is 0 Å². The average molecular weight is 414 g/mol. The van der Waals surface area contributed by atoms with Crippen molar-refractivity contribution in [2.45, 2.75) is 60.3 Å². The van der Waals surface area contributed by atoms with Gasteiger partial charge in [-0.25, -0.2) is 9.97 Å². The summed E-state index contributed by atoms with van der Waals surface area (Å²) in [5.41, 5.74) is 7.42. The van der Waals surface area contributed by atoms with E-state index in [1.54, 1.807) is 24.5 Å². The highest BCUT2D eigenvalue weighted by Crippen LogP contribution is 2.23. The third kappa shape index (κ3) is 7.93. The fraction of sp³-hybridized carbons (Fsp3) is 0.500. The number of rotatable bonds is 9. The van der Waals surface area contributed by atoms with Crippen LogP contribution in [0.2, 0.25) is 0 Å². The number of carbonyl (C=O) groups is 2. The molecule has 0 spiro atoms. The summed E-state index contributed by atoms with van der Waals surface area (Å²) in [5, 5.41) is 0. The Morgan fingerprint density at radius 2 is 1.80 bits per heavy atom. The van der Waals surface area contributed by atoms with Crippen LogP contribution in [0, 0.1) is 18.8 Å². The molecule has 1 amide bonds. The fourth-order valence-electron chi connectivity index (χ4n) is 3.24. The molecule has 2 unspecified atom stereocenters. The number of hydrogen-bond donors (Lipinski definition) is 1. The van der Waals surface area contributed by atoms with Gasteiger partial charge in [0, 0.05) is 18.0 Å². The Hall–Kier alpha value is -2.76. The topological polar surface area (TPSA) is 95.2 Å². The van der Waals surface area contributed by atoms with Crippen molar-refractivity contribution >= 4 is 11.9 Å². The minimum Gasteiger partial charge on any atom is -0.466 e. The van der Waals surface area contributed by atoms with Crippen molar-refractivity contribution in [3.63, 3.8) is 0 Å². The van der Waals surface area contributed by atoms with Crippen molar-refractivity contribution in [3.05, 3.63) is 47.8 Å². The van der Waals surface area contributed by atoms with E-state index in [0.29, 0.717) is 29.5 Å². The second kappa shape index (κ2) is 13.5. The molecule has 2 aromatic rings. The quantitative estimate of drug-likeness (QED) is 0.587. The van der Waals surface area contributed by atoms with Gasteiger partial charge in [-0.05, 0) is 38.3 Å². The number of benzene rings is 1. The number of aryl methyl sites for hydroxylation is 1. The fourth-order valence-corrected chi connectivity index (χ4v) is 3.24. The van der Waals surface area contributed by atoms with Crippen molar-refractivity contribution < 1.29 is 14.3 Å². The van der Waals surface area contributed by atoms with Crippen molar-refractivity contribution in [3.8, 4) is 11.4 Å². The molecule has 164 valence electrons. The van der Waals surface area contributed by atoms with Crippen LogP contribution in [0.5, 0.6) is 0 Å². The molecule has 2 N–H and O–H groups in total. The van der Waals surface area contributed by atoms with Gasteiger partial charge >= 0.3 is 5.97 Å². The summed E-state index contributed by atoms with van der Waals surface area (Å²) >= 11 is 0. The lowest BCUT2D eigenvalue weighted by molar-refractivity contribution is -0.149. The molecule has 6 heteroatoms. The van der Waals surface area contributed by atoms with Crippen molar-refractivity contribution in [1.29, 1.82) is 0 Å². The van der Waals surface area contributed by atoms with E-state index in [9.17, 15) is 9.59 Å². The van der Waals surface area contributed by atoms with Gasteiger partial charge in [-0.15, -0.1) is 0 Å². The predicted octanol–water partition coefficient (Wildman–Crippen LogP) is 4.95. The number of nitrogens with two attached hydrogens (primary N) is 1. The van der Waals surface area contributed by atoms with Gasteiger partial charge in [0.15, 0.2) is 5.82 Å². The van der Waals surface area contributed by atoms with Gasteiger partial charge in [-0.1, -0.05) is 57.7 Å². The highest BCUT2D eigenvalue weighted by atomic mass is 16.5. The predicted molar refractivity (Wildman–Crippen MR) is 120 cm³/mol. The Kier molecular flexibility index (Phi) is 11.3. The van der Waals surface area contributed by atoms with Crippen LogP contribution in [0.1, 0.15) is 69.3 Å². The maximum absolute atomic E-state index is 11.5. The highest BCUT2D eigenvalue weighted by Gasteiger charge is 2.22. The molecule has 0 saturated heterocycles. The molecule has 2 rings (SSSR count). The van der Waals surface area contributed by atoms with E-state index in [-0.39, 0.29) is 11.9 Å². The number of unbranched alkanes of at least 4 members (excludes halogenated alkanes) is 1. The third-order valence-electron chi connectivity index (χ3n) is 5.07. The summed E-state index contributed by atoms with van der Waals surface area (Å²) in [6.45, 7) is 10.6. The molecule has 1 aromatic carbocycles. The molecule has 0 aliphatic carbocycles. The Labute approximate surface area is 180 Å². The molecule has 2 atom stereocenters. The van der Waals surface area contributed by atoms with Crippen LogP contribution >= 0.6 is 0 Å². The summed E-state index contributed by atoms with van der Waals surface area (Å²) in [5.74, 6) is 0.568. The summed E-state index contributed by atoms with van der Waals surface area (Å²) in [6.07, 6.45) is 7.89. The number of ether oxygens (including phenoxy) is 1. The van der Waals surface area contributed by atoms with Crippen LogP contribution in [0.25, 0.3) is 11.4 Å². The summed E-state index contributed by atoms with van der Waals surface area (Å²) in [7, 11) is 0. The first-order valence-corrected chi connectivity index (χ1v) is 10.7. The maximum Gasteiger partial charge on any atom is 0.308 e. The second-order valence-electron chi connectivity index (χ2n) is 7.34. The minimum absolute atomic E-state index is 0.0320. The molecular formula is C24H35N3O3. The largest absolute Gasteiger partial charge is 0.466 e. The van der Waals surface area contributed by atoms with Gasteiger partial charge < -0.3 is 10.5 Å². The number of carbonyl (C=O) groups excluding carboxylic acids is 2. The molecule has 0 radical (unpaired) electrons. The molecule has 0 bridgehead atoms. The molecule has 0 saturated carbocycles. The first kappa shape index (κ1) is 25.3. The molecule has 1 heterocycles. The lowest BCUT2D eigenvalue weighted by atomic mass is 9.87. The standard InChI is InChI=1S/C12H11N3O.C12H24O2/c1-8-3-4-9(10(7-8)11(13)16)12-14-5-2-6-15-12;1-5-8-9-11(6-2)10(4)12(13)14-7-3/h2-7H,1H3,(H2,13,16);10-11H,5-9H2,1-4H3. The van der Waals surface area contributed by atoms with Gasteiger partial charge in [0.05, 0.1) is 18.1 Å². The zero-order valence-electron chi connectivity index (χ0n) is 18.9. The van der Waals surface area contributed by atoms with E-state index in [2.05, 4.69) is 23.8 Å². The maximum atomic E-state index is 11.5. The summed E-state index contributed by atoms with van der Waals surface area (Å²) in [4.78, 5) is 31.0. The number of esters is 1. The van der Waals surface area contributed by atoms with E-state index < -0.39 is 5.91 Å². The van der Waals surface area contributed by atoms with Crippen LogP contribution in [0.4, 0.5) is 0 Å². The Morgan fingerprint density at radius 3 is 2.33 bits per heavy atom. The zero-order valence-corrected chi connectivity index (χ0v) is 18.9. The van der Waals surface area contributed by atoms with Crippen LogP contribution in [0.3, 0.4) is 0 Å².